The molecule has 0 radical (unpaired) electrons. The fourth-order valence-electron chi connectivity index (χ4n) is 2.92. The monoisotopic (exact) mass is 402 g/mol. The molecular weight excluding hydrogens is 383 g/mol. The lowest BCUT2D eigenvalue weighted by Crippen LogP contribution is -2.51. The molecule has 0 aromatic heterocycles. The van der Waals surface area contributed by atoms with Gasteiger partial charge in [0.1, 0.15) is 12.1 Å². The predicted octanol–water partition coefficient (Wildman–Crippen LogP) is 1.18. The van der Waals surface area contributed by atoms with E-state index in [1.54, 1.807) is 18.2 Å². The van der Waals surface area contributed by atoms with E-state index >= 15 is 0 Å². The Morgan fingerprint density at radius 3 is 2.65 bits per heavy atom. The van der Waals surface area contributed by atoms with E-state index in [0.717, 1.165) is 0 Å². The van der Waals surface area contributed by atoms with Crippen LogP contribution in [0.1, 0.15) is 18.9 Å². The first-order valence-electron chi connectivity index (χ1n) is 8.00. The standard InChI is InChI=1S/C17H20Cl2N2O5/c1-9(22)21-8-12(23)7-15(21)16(24)20-14(17(25)26-2)5-10-3-4-11(18)6-13(10)19/h3-4,6,12,14-15,23H,5,7-8H2,1-2H3,(H,20,24)/t12-,14-,15+/m1/s1. The van der Waals surface area contributed by atoms with Gasteiger partial charge in [0.2, 0.25) is 11.8 Å². The Morgan fingerprint density at radius 1 is 1.38 bits per heavy atom. The number of amides is 2. The molecule has 1 heterocycles. The van der Waals surface area contributed by atoms with Gasteiger partial charge in [-0.15, -0.1) is 0 Å². The number of esters is 1. The van der Waals surface area contributed by atoms with Gasteiger partial charge in [-0.2, -0.15) is 0 Å². The minimum Gasteiger partial charge on any atom is -0.467 e. The summed E-state index contributed by atoms with van der Waals surface area (Å²) in [6.07, 6.45) is -0.568. The first kappa shape index (κ1) is 20.5. The van der Waals surface area contributed by atoms with E-state index in [4.69, 9.17) is 27.9 Å². The van der Waals surface area contributed by atoms with Crippen LogP contribution >= 0.6 is 23.2 Å². The number of aliphatic hydroxyl groups excluding tert-OH is 1. The topological polar surface area (TPSA) is 95.9 Å². The Hall–Kier alpha value is -1.83. The summed E-state index contributed by atoms with van der Waals surface area (Å²) in [4.78, 5) is 37.6. The molecule has 0 saturated carbocycles. The largest absolute Gasteiger partial charge is 0.467 e. The number of rotatable bonds is 5. The fourth-order valence-corrected chi connectivity index (χ4v) is 3.41. The minimum atomic E-state index is -0.988. The van der Waals surface area contributed by atoms with E-state index in [0.29, 0.717) is 15.6 Å². The van der Waals surface area contributed by atoms with Crippen molar-refractivity contribution in [3.63, 3.8) is 0 Å². The van der Waals surface area contributed by atoms with Crippen molar-refractivity contribution in [3.05, 3.63) is 33.8 Å². The van der Waals surface area contributed by atoms with Crippen LogP contribution in [-0.4, -0.2) is 59.6 Å². The average molecular weight is 403 g/mol. The smallest absolute Gasteiger partial charge is 0.328 e. The van der Waals surface area contributed by atoms with Crippen molar-refractivity contribution >= 4 is 41.0 Å². The van der Waals surface area contributed by atoms with Crippen molar-refractivity contribution in [2.24, 2.45) is 0 Å². The lowest BCUT2D eigenvalue weighted by molar-refractivity contribution is -0.146. The van der Waals surface area contributed by atoms with Crippen molar-refractivity contribution in [2.75, 3.05) is 13.7 Å². The van der Waals surface area contributed by atoms with Crippen molar-refractivity contribution in [3.8, 4) is 0 Å². The third kappa shape index (κ3) is 4.87. The molecule has 2 rings (SSSR count). The first-order chi connectivity index (χ1) is 12.2. The van der Waals surface area contributed by atoms with E-state index < -0.39 is 30.1 Å². The summed E-state index contributed by atoms with van der Waals surface area (Å²) >= 11 is 12.0. The number of benzene rings is 1. The molecule has 2 N–H and O–H groups in total. The maximum Gasteiger partial charge on any atom is 0.328 e. The van der Waals surface area contributed by atoms with Gasteiger partial charge < -0.3 is 20.1 Å². The van der Waals surface area contributed by atoms with E-state index in [-0.39, 0.29) is 25.3 Å². The highest BCUT2D eigenvalue weighted by molar-refractivity contribution is 6.35. The number of hydrogen-bond acceptors (Lipinski definition) is 5. The number of halogens is 2. The maximum atomic E-state index is 12.6. The summed E-state index contributed by atoms with van der Waals surface area (Å²) in [5.41, 5.74) is 0.613. The second kappa shape index (κ2) is 8.70. The molecule has 1 aliphatic heterocycles. The SMILES string of the molecule is COC(=O)[C@@H](Cc1ccc(Cl)cc1Cl)NC(=O)[C@@H]1C[C@@H](O)CN1C(C)=O. The van der Waals surface area contributed by atoms with Crippen LogP contribution in [0, 0.1) is 0 Å². The van der Waals surface area contributed by atoms with E-state index in [2.05, 4.69) is 5.32 Å². The molecule has 0 unspecified atom stereocenters. The quantitative estimate of drug-likeness (QED) is 0.720. The zero-order chi connectivity index (χ0) is 19.4. The molecule has 0 spiro atoms. The van der Waals surface area contributed by atoms with Crippen molar-refractivity contribution in [1.82, 2.24) is 10.2 Å². The Kier molecular flexibility index (Phi) is 6.86. The van der Waals surface area contributed by atoms with Crippen LogP contribution in [-0.2, 0) is 25.5 Å². The zero-order valence-electron chi connectivity index (χ0n) is 14.4. The van der Waals surface area contributed by atoms with Crippen molar-refractivity contribution in [1.29, 1.82) is 0 Å². The third-order valence-corrected chi connectivity index (χ3v) is 4.81. The van der Waals surface area contributed by atoms with Crippen LogP contribution < -0.4 is 5.32 Å². The van der Waals surface area contributed by atoms with E-state index in [1.807, 2.05) is 0 Å². The number of likely N-dealkylation sites (tertiary alicyclic amines) is 1. The number of β-amino-alcohol motifs (C(OH)–C–C–N with tert-alkyl or cyclic N) is 1. The minimum absolute atomic E-state index is 0.0827. The van der Waals surface area contributed by atoms with Gasteiger partial charge in [0.05, 0.1) is 13.2 Å². The van der Waals surface area contributed by atoms with Gasteiger partial charge in [-0.3, -0.25) is 9.59 Å². The summed E-state index contributed by atoms with van der Waals surface area (Å²) < 4.78 is 4.75. The highest BCUT2D eigenvalue weighted by atomic mass is 35.5. The maximum absolute atomic E-state index is 12.6. The predicted molar refractivity (Wildman–Crippen MR) is 95.9 cm³/mol. The van der Waals surface area contributed by atoms with Gasteiger partial charge >= 0.3 is 5.97 Å². The molecule has 7 nitrogen and oxygen atoms in total. The molecule has 1 saturated heterocycles. The molecular formula is C17H20Cl2N2O5. The molecule has 9 heteroatoms. The normalized spacial score (nSPS) is 20.6. The number of hydrogen-bond donors (Lipinski definition) is 2. The van der Waals surface area contributed by atoms with Crippen LogP contribution in [0.25, 0.3) is 0 Å². The van der Waals surface area contributed by atoms with E-state index in [9.17, 15) is 19.5 Å². The number of carbonyl (C=O) groups excluding carboxylic acids is 3. The highest BCUT2D eigenvalue weighted by Gasteiger charge is 2.39. The Labute approximate surface area is 161 Å². The average Bonchev–Trinajstić information content (AvgIpc) is 2.98. The molecule has 3 atom stereocenters. The molecule has 1 aromatic carbocycles. The van der Waals surface area contributed by atoms with Gasteiger partial charge in [0, 0.05) is 36.4 Å². The van der Waals surface area contributed by atoms with Gasteiger partial charge in [-0.25, -0.2) is 4.79 Å². The molecule has 142 valence electrons. The molecule has 0 bridgehead atoms. The summed E-state index contributed by atoms with van der Waals surface area (Å²) in [6, 6.07) is 3.00. The molecule has 26 heavy (non-hydrogen) atoms. The van der Waals surface area contributed by atoms with Gasteiger partial charge in [-0.1, -0.05) is 29.3 Å². The molecule has 0 aliphatic carbocycles. The number of aliphatic hydroxyl groups is 1. The van der Waals surface area contributed by atoms with Crippen LogP contribution in [0.3, 0.4) is 0 Å². The molecule has 2 amide bonds. The number of nitrogens with zero attached hydrogens (tertiary/aromatic N) is 1. The summed E-state index contributed by atoms with van der Waals surface area (Å²) in [7, 11) is 1.21. The highest BCUT2D eigenvalue weighted by Crippen LogP contribution is 2.23. The molecule has 1 fully saturated rings. The number of nitrogens with one attached hydrogen (secondary N) is 1. The molecule has 1 aliphatic rings. The third-order valence-electron chi connectivity index (χ3n) is 4.23. The summed E-state index contributed by atoms with van der Waals surface area (Å²) in [5, 5.41) is 13.2. The Balaban J connectivity index is 2.16. The lowest BCUT2D eigenvalue weighted by atomic mass is 10.0. The fraction of sp³-hybridized carbons (Fsp3) is 0.471. The lowest BCUT2D eigenvalue weighted by Gasteiger charge is -2.24. The van der Waals surface area contributed by atoms with Gasteiger partial charge in [0.15, 0.2) is 0 Å². The number of carbonyl (C=O) groups is 3. The summed E-state index contributed by atoms with van der Waals surface area (Å²) in [6.45, 7) is 1.41. The summed E-state index contributed by atoms with van der Waals surface area (Å²) in [5.74, 6) is -1.49. The second-order valence-corrected chi connectivity index (χ2v) is 6.94. The van der Waals surface area contributed by atoms with Crippen LogP contribution in [0.2, 0.25) is 10.0 Å². The Morgan fingerprint density at radius 2 is 2.08 bits per heavy atom. The number of ether oxygens (including phenoxy) is 1. The Bertz CT molecular complexity index is 712. The van der Waals surface area contributed by atoms with Gasteiger partial charge in [0.25, 0.3) is 0 Å². The zero-order valence-corrected chi connectivity index (χ0v) is 15.9. The second-order valence-electron chi connectivity index (χ2n) is 6.10. The first-order valence-corrected chi connectivity index (χ1v) is 8.76. The van der Waals surface area contributed by atoms with E-state index in [1.165, 1.54) is 18.9 Å². The van der Waals surface area contributed by atoms with Crippen molar-refractivity contribution in [2.45, 2.75) is 38.0 Å². The van der Waals surface area contributed by atoms with Crippen LogP contribution in [0.4, 0.5) is 0 Å². The van der Waals surface area contributed by atoms with Crippen LogP contribution in [0.15, 0.2) is 18.2 Å². The molecule has 1 aromatic rings. The van der Waals surface area contributed by atoms with Crippen LogP contribution in [0.5, 0.6) is 0 Å². The number of methoxy groups -OCH3 is 1. The van der Waals surface area contributed by atoms with Gasteiger partial charge in [-0.05, 0) is 17.7 Å². The van der Waals surface area contributed by atoms with Crippen molar-refractivity contribution < 1.29 is 24.2 Å².